The Morgan fingerprint density at radius 3 is 0.933 bits per heavy atom. The maximum absolute atomic E-state index is 13.5. The van der Waals surface area contributed by atoms with Crippen LogP contribution in [0.1, 0.15) is 6.42 Å². The van der Waals surface area contributed by atoms with Gasteiger partial charge < -0.3 is 52.1 Å². The normalized spacial score (nSPS) is 11.4. The summed E-state index contributed by atoms with van der Waals surface area (Å²) in [5.41, 5.74) is 0. The molecule has 0 aromatic heterocycles. The van der Waals surface area contributed by atoms with E-state index in [1.807, 2.05) is 0 Å². The van der Waals surface area contributed by atoms with E-state index in [0.717, 1.165) is 0 Å². The molecule has 0 spiro atoms. The molecular formula is C28H43F5O12. The van der Waals surface area contributed by atoms with Crippen LogP contribution in [-0.4, -0.2) is 139 Å². The summed E-state index contributed by atoms with van der Waals surface area (Å²) in [7, 11) is 1.62. The Bertz CT molecular complexity index is 871. The van der Waals surface area contributed by atoms with Crippen molar-refractivity contribution in [2.75, 3.05) is 133 Å². The highest BCUT2D eigenvalue weighted by Crippen LogP contribution is 2.29. The predicted octanol–water partition coefficient (Wildman–Crippen LogP) is 2.47. The van der Waals surface area contributed by atoms with Gasteiger partial charge in [0.15, 0.2) is 0 Å². The summed E-state index contributed by atoms with van der Waals surface area (Å²) in [5.74, 6) is -14.1. The number of methoxy groups -OCH3 is 1. The van der Waals surface area contributed by atoms with E-state index in [2.05, 4.69) is 4.74 Å². The summed E-state index contributed by atoms with van der Waals surface area (Å²) in [4.78, 5) is 11.6. The molecule has 17 heteroatoms. The number of benzene rings is 1. The van der Waals surface area contributed by atoms with E-state index in [1.54, 1.807) is 7.11 Å². The van der Waals surface area contributed by atoms with Gasteiger partial charge >= 0.3 is 5.97 Å². The van der Waals surface area contributed by atoms with Gasteiger partial charge in [-0.1, -0.05) is 0 Å². The zero-order chi connectivity index (χ0) is 33.0. The average molecular weight is 667 g/mol. The SMILES string of the molecule is COCCOCCOCCOCCOCCOCCOCCOCCOCCOCCC(=O)Oc1c(F)c(F)c(F)c(F)c1F. The van der Waals surface area contributed by atoms with Crippen molar-refractivity contribution in [1.29, 1.82) is 0 Å². The van der Waals surface area contributed by atoms with Crippen LogP contribution in [-0.2, 0) is 52.2 Å². The molecule has 0 saturated carbocycles. The molecule has 0 radical (unpaired) electrons. The lowest BCUT2D eigenvalue weighted by Crippen LogP contribution is -2.16. The molecule has 0 aliphatic carbocycles. The van der Waals surface area contributed by atoms with Crippen molar-refractivity contribution in [2.45, 2.75) is 6.42 Å². The summed E-state index contributed by atoms with van der Waals surface area (Å²) >= 11 is 0. The number of halogens is 5. The maximum Gasteiger partial charge on any atom is 0.313 e. The molecule has 262 valence electrons. The van der Waals surface area contributed by atoms with Gasteiger partial charge in [-0.3, -0.25) is 4.79 Å². The zero-order valence-corrected chi connectivity index (χ0v) is 25.4. The molecule has 0 unspecified atom stereocenters. The molecule has 12 nitrogen and oxygen atoms in total. The van der Waals surface area contributed by atoms with Crippen molar-refractivity contribution in [2.24, 2.45) is 0 Å². The average Bonchev–Trinajstić information content (AvgIpc) is 3.04. The molecule has 45 heavy (non-hydrogen) atoms. The van der Waals surface area contributed by atoms with Crippen LogP contribution in [0.5, 0.6) is 5.75 Å². The van der Waals surface area contributed by atoms with Crippen molar-refractivity contribution in [3.8, 4) is 5.75 Å². The molecule has 0 heterocycles. The molecule has 1 aromatic rings. The van der Waals surface area contributed by atoms with E-state index in [1.165, 1.54) is 0 Å². The maximum atomic E-state index is 13.5. The molecule has 0 atom stereocenters. The molecule has 0 saturated heterocycles. The first-order valence-corrected chi connectivity index (χ1v) is 14.3. The lowest BCUT2D eigenvalue weighted by Gasteiger charge is -2.09. The van der Waals surface area contributed by atoms with E-state index in [4.69, 9.17) is 47.4 Å². The van der Waals surface area contributed by atoms with Crippen molar-refractivity contribution in [3.05, 3.63) is 29.1 Å². The number of hydrogen-bond acceptors (Lipinski definition) is 12. The molecule has 0 aliphatic rings. The van der Waals surface area contributed by atoms with Gasteiger partial charge in [0.05, 0.1) is 132 Å². The largest absolute Gasteiger partial charge is 0.420 e. The fraction of sp³-hybridized carbons (Fsp3) is 0.750. The van der Waals surface area contributed by atoms with Crippen LogP contribution in [0.25, 0.3) is 0 Å². The number of carbonyl (C=O) groups is 1. The Labute approximate surface area is 259 Å². The van der Waals surface area contributed by atoms with Crippen LogP contribution >= 0.6 is 0 Å². The number of ether oxygens (including phenoxy) is 11. The predicted molar refractivity (Wildman–Crippen MR) is 146 cm³/mol. The summed E-state index contributed by atoms with van der Waals surface area (Å²) in [6.45, 7) is 7.15. The topological polar surface area (TPSA) is 119 Å². The van der Waals surface area contributed by atoms with E-state index in [9.17, 15) is 26.7 Å². The molecule has 0 amide bonds. The number of esters is 1. The highest BCUT2D eigenvalue weighted by atomic mass is 19.2. The van der Waals surface area contributed by atoms with Gasteiger partial charge in [0, 0.05) is 7.11 Å². The number of rotatable bonds is 31. The fourth-order valence-electron chi connectivity index (χ4n) is 3.00. The van der Waals surface area contributed by atoms with Crippen molar-refractivity contribution in [1.82, 2.24) is 0 Å². The monoisotopic (exact) mass is 666 g/mol. The van der Waals surface area contributed by atoms with E-state index < -0.39 is 47.2 Å². The minimum Gasteiger partial charge on any atom is -0.420 e. The second-order valence-corrected chi connectivity index (χ2v) is 8.63. The Morgan fingerprint density at radius 2 is 0.644 bits per heavy atom. The number of carbonyl (C=O) groups excluding carboxylic acids is 1. The molecule has 1 aromatic carbocycles. The Hall–Kier alpha value is -2.06. The first-order valence-electron chi connectivity index (χ1n) is 14.3. The minimum atomic E-state index is -2.35. The van der Waals surface area contributed by atoms with Crippen LogP contribution in [0.2, 0.25) is 0 Å². The quantitative estimate of drug-likeness (QED) is 0.0289. The second kappa shape index (κ2) is 28.2. The van der Waals surface area contributed by atoms with E-state index in [-0.39, 0.29) is 26.4 Å². The molecule has 0 fully saturated rings. The zero-order valence-electron chi connectivity index (χ0n) is 25.4. The Morgan fingerprint density at radius 1 is 0.400 bits per heavy atom. The standard InChI is InChI=1S/C28H43F5O12/c1-35-4-5-37-8-9-39-12-13-41-16-17-43-20-21-44-19-18-42-15-14-40-11-10-38-7-6-36-3-2-22(34)45-28-26(32)24(30)23(29)25(31)27(28)33/h2-21H2,1H3. The summed E-state index contributed by atoms with van der Waals surface area (Å²) in [5, 5.41) is 0. The first kappa shape index (κ1) is 41.0. The van der Waals surface area contributed by atoms with Gasteiger partial charge in [0.25, 0.3) is 0 Å². The Kier molecular flexibility index (Phi) is 25.7. The van der Waals surface area contributed by atoms with Crippen LogP contribution < -0.4 is 4.74 Å². The third kappa shape index (κ3) is 20.6. The van der Waals surface area contributed by atoms with Crippen LogP contribution in [0, 0.1) is 29.1 Å². The first-order chi connectivity index (χ1) is 21.9. The summed E-state index contributed by atoms with van der Waals surface area (Å²) in [6, 6.07) is 0. The van der Waals surface area contributed by atoms with E-state index in [0.29, 0.717) is 99.1 Å². The molecule has 0 aliphatic heterocycles. The van der Waals surface area contributed by atoms with Gasteiger partial charge in [0.1, 0.15) is 0 Å². The van der Waals surface area contributed by atoms with Crippen LogP contribution in [0.4, 0.5) is 22.0 Å². The molecule has 0 bridgehead atoms. The van der Waals surface area contributed by atoms with Gasteiger partial charge in [0.2, 0.25) is 34.8 Å². The third-order valence-electron chi connectivity index (χ3n) is 5.24. The van der Waals surface area contributed by atoms with Gasteiger partial charge in [-0.15, -0.1) is 0 Å². The highest BCUT2D eigenvalue weighted by molar-refractivity contribution is 5.72. The van der Waals surface area contributed by atoms with Crippen molar-refractivity contribution >= 4 is 5.97 Å². The Balaban J connectivity index is 1.78. The van der Waals surface area contributed by atoms with Crippen molar-refractivity contribution < 1.29 is 78.9 Å². The lowest BCUT2D eigenvalue weighted by molar-refractivity contribution is -0.136. The van der Waals surface area contributed by atoms with Gasteiger partial charge in [-0.2, -0.15) is 8.78 Å². The molecule has 0 N–H and O–H groups in total. The lowest BCUT2D eigenvalue weighted by atomic mass is 10.2. The molecular weight excluding hydrogens is 623 g/mol. The van der Waals surface area contributed by atoms with Crippen LogP contribution in [0.3, 0.4) is 0 Å². The van der Waals surface area contributed by atoms with E-state index >= 15 is 0 Å². The smallest absolute Gasteiger partial charge is 0.313 e. The van der Waals surface area contributed by atoms with Gasteiger partial charge in [-0.25, -0.2) is 13.2 Å². The van der Waals surface area contributed by atoms with Crippen LogP contribution in [0.15, 0.2) is 0 Å². The summed E-state index contributed by atoms with van der Waals surface area (Å²) in [6.07, 6.45) is -0.484. The fourth-order valence-corrected chi connectivity index (χ4v) is 3.00. The van der Waals surface area contributed by atoms with Gasteiger partial charge in [-0.05, 0) is 0 Å². The second-order valence-electron chi connectivity index (χ2n) is 8.63. The number of hydrogen-bond donors (Lipinski definition) is 0. The third-order valence-corrected chi connectivity index (χ3v) is 5.24. The van der Waals surface area contributed by atoms with Crippen molar-refractivity contribution in [3.63, 3.8) is 0 Å². The molecule has 1 rings (SSSR count). The minimum absolute atomic E-state index is 0.0836. The summed E-state index contributed by atoms with van der Waals surface area (Å²) < 4.78 is 123. The highest BCUT2D eigenvalue weighted by Gasteiger charge is 2.28.